The van der Waals surface area contributed by atoms with Gasteiger partial charge in [-0.15, -0.1) is 0 Å². The highest BCUT2D eigenvalue weighted by atomic mass is 15.3. The first-order chi connectivity index (χ1) is 13.3. The van der Waals surface area contributed by atoms with Crippen molar-refractivity contribution in [1.82, 2.24) is 24.7 Å². The van der Waals surface area contributed by atoms with Crippen LogP contribution in [0.5, 0.6) is 0 Å². The van der Waals surface area contributed by atoms with Crippen LogP contribution in [-0.2, 0) is 7.05 Å². The van der Waals surface area contributed by atoms with Crippen molar-refractivity contribution in [1.29, 1.82) is 0 Å². The molecule has 1 aliphatic carbocycles. The Morgan fingerprint density at radius 2 is 2.00 bits per heavy atom. The molecule has 3 aromatic heterocycles. The normalized spacial score (nSPS) is 15.4. The van der Waals surface area contributed by atoms with Crippen molar-refractivity contribution in [3.63, 3.8) is 0 Å². The lowest BCUT2D eigenvalue weighted by atomic mass is 9.95. The summed E-state index contributed by atoms with van der Waals surface area (Å²) in [7, 11) is 1.91. The Labute approximate surface area is 157 Å². The van der Waals surface area contributed by atoms with Gasteiger partial charge < -0.3 is 15.6 Å². The first-order valence-corrected chi connectivity index (χ1v) is 9.55. The van der Waals surface area contributed by atoms with Crippen molar-refractivity contribution in [2.24, 2.45) is 7.05 Å². The maximum absolute atomic E-state index is 4.56. The van der Waals surface area contributed by atoms with E-state index in [-0.39, 0.29) is 0 Å². The molecule has 7 nitrogen and oxygen atoms in total. The number of hydrogen-bond acceptors (Lipinski definition) is 5. The third-order valence-electron chi connectivity index (χ3n) is 5.33. The standard InChI is InChI=1S/C20H23N7/c1-27-11-15(10-23-27)24-14-7-8-17-16(9-14)18-19(21-12-22-20(18)26-17)25-13-5-3-2-4-6-13/h7-13,24H,2-6H2,1H3,(H2,21,22,25,26). The van der Waals surface area contributed by atoms with Crippen LogP contribution in [0.3, 0.4) is 0 Å². The fourth-order valence-electron chi connectivity index (χ4n) is 4.00. The van der Waals surface area contributed by atoms with Gasteiger partial charge in [-0.3, -0.25) is 4.68 Å². The van der Waals surface area contributed by atoms with E-state index in [1.807, 2.05) is 19.4 Å². The zero-order valence-electron chi connectivity index (χ0n) is 15.4. The molecule has 3 heterocycles. The average Bonchev–Trinajstić information content (AvgIpc) is 3.26. The second-order valence-electron chi connectivity index (χ2n) is 7.34. The van der Waals surface area contributed by atoms with Gasteiger partial charge in [-0.2, -0.15) is 5.10 Å². The molecule has 0 spiro atoms. The highest BCUT2D eigenvalue weighted by molar-refractivity contribution is 6.12. The topological polar surface area (TPSA) is 83.5 Å². The smallest absolute Gasteiger partial charge is 0.143 e. The zero-order valence-corrected chi connectivity index (χ0v) is 15.4. The van der Waals surface area contributed by atoms with Crippen LogP contribution in [0.25, 0.3) is 21.9 Å². The molecule has 7 heteroatoms. The highest BCUT2D eigenvalue weighted by Gasteiger charge is 2.17. The number of benzene rings is 1. The number of H-pyrrole nitrogens is 1. The van der Waals surface area contributed by atoms with Crippen molar-refractivity contribution in [2.75, 3.05) is 10.6 Å². The summed E-state index contributed by atoms with van der Waals surface area (Å²) in [5.74, 6) is 0.927. The van der Waals surface area contributed by atoms with Gasteiger partial charge in [0.2, 0.25) is 0 Å². The predicted octanol–water partition coefficient (Wildman–Crippen LogP) is 4.33. The quantitative estimate of drug-likeness (QED) is 0.504. The summed E-state index contributed by atoms with van der Waals surface area (Å²) in [6.45, 7) is 0. The molecule has 0 bridgehead atoms. The Morgan fingerprint density at radius 1 is 1.11 bits per heavy atom. The molecule has 1 aromatic carbocycles. The molecular formula is C20H23N7. The van der Waals surface area contributed by atoms with Crippen LogP contribution in [0.4, 0.5) is 17.2 Å². The van der Waals surface area contributed by atoms with Crippen molar-refractivity contribution in [3.05, 3.63) is 36.9 Å². The molecule has 0 aliphatic heterocycles. The Morgan fingerprint density at radius 3 is 2.81 bits per heavy atom. The van der Waals surface area contributed by atoms with E-state index in [0.29, 0.717) is 6.04 Å². The molecule has 0 radical (unpaired) electrons. The summed E-state index contributed by atoms with van der Waals surface area (Å²) in [6.07, 6.45) is 11.8. The zero-order chi connectivity index (χ0) is 18.2. The van der Waals surface area contributed by atoms with Crippen LogP contribution in [0, 0.1) is 0 Å². The summed E-state index contributed by atoms with van der Waals surface area (Å²) in [5, 5.41) is 13.5. The first kappa shape index (κ1) is 16.1. The second kappa shape index (κ2) is 6.57. The fourth-order valence-corrected chi connectivity index (χ4v) is 4.00. The lowest BCUT2D eigenvalue weighted by Crippen LogP contribution is -2.22. The van der Waals surface area contributed by atoms with E-state index >= 15 is 0 Å². The van der Waals surface area contributed by atoms with Crippen LogP contribution in [0.15, 0.2) is 36.9 Å². The van der Waals surface area contributed by atoms with Gasteiger partial charge in [0.25, 0.3) is 0 Å². The van der Waals surface area contributed by atoms with Crippen molar-refractivity contribution < 1.29 is 0 Å². The van der Waals surface area contributed by atoms with Crippen LogP contribution < -0.4 is 10.6 Å². The molecule has 27 heavy (non-hydrogen) atoms. The number of rotatable bonds is 4. The van der Waals surface area contributed by atoms with E-state index in [0.717, 1.165) is 39.1 Å². The maximum Gasteiger partial charge on any atom is 0.143 e. The minimum absolute atomic E-state index is 0.499. The molecule has 1 fully saturated rings. The SMILES string of the molecule is Cn1cc(Nc2ccc3[nH]c4ncnc(NC5CCCCC5)c4c3c2)cn1. The monoisotopic (exact) mass is 361 g/mol. The fraction of sp³-hybridized carbons (Fsp3) is 0.350. The van der Waals surface area contributed by atoms with E-state index in [2.05, 4.69) is 48.9 Å². The van der Waals surface area contributed by atoms with Gasteiger partial charge in [0, 0.05) is 35.9 Å². The molecular weight excluding hydrogens is 338 g/mol. The van der Waals surface area contributed by atoms with E-state index in [1.54, 1.807) is 11.0 Å². The maximum atomic E-state index is 4.56. The molecule has 0 atom stereocenters. The van der Waals surface area contributed by atoms with Gasteiger partial charge in [-0.25, -0.2) is 9.97 Å². The number of fused-ring (bicyclic) bond motifs is 3. The third kappa shape index (κ3) is 3.09. The molecule has 4 aromatic rings. The van der Waals surface area contributed by atoms with E-state index in [9.17, 15) is 0 Å². The number of nitrogens with zero attached hydrogens (tertiary/aromatic N) is 4. The molecule has 5 rings (SSSR count). The van der Waals surface area contributed by atoms with Gasteiger partial charge in [0.15, 0.2) is 0 Å². The number of aromatic amines is 1. The molecule has 1 saturated carbocycles. The average molecular weight is 361 g/mol. The van der Waals surface area contributed by atoms with Gasteiger partial charge in [-0.1, -0.05) is 19.3 Å². The Bertz CT molecular complexity index is 1090. The summed E-state index contributed by atoms with van der Waals surface area (Å²) in [6, 6.07) is 6.79. The van der Waals surface area contributed by atoms with Crippen LogP contribution in [-0.4, -0.2) is 30.8 Å². The van der Waals surface area contributed by atoms with Gasteiger partial charge in [0.05, 0.1) is 17.3 Å². The molecule has 0 amide bonds. The number of nitrogens with one attached hydrogen (secondary N) is 3. The molecule has 3 N–H and O–H groups in total. The Kier molecular flexibility index (Phi) is 3.92. The van der Waals surface area contributed by atoms with Gasteiger partial charge in [0.1, 0.15) is 17.8 Å². The number of anilines is 3. The summed E-state index contributed by atoms with van der Waals surface area (Å²) < 4.78 is 1.78. The molecule has 1 aliphatic rings. The Hall–Kier alpha value is -3.09. The minimum atomic E-state index is 0.499. The van der Waals surface area contributed by atoms with Crippen molar-refractivity contribution in [2.45, 2.75) is 38.1 Å². The molecule has 138 valence electrons. The first-order valence-electron chi connectivity index (χ1n) is 9.55. The van der Waals surface area contributed by atoms with E-state index < -0.39 is 0 Å². The van der Waals surface area contributed by atoms with Gasteiger partial charge in [-0.05, 0) is 31.0 Å². The highest BCUT2D eigenvalue weighted by Crippen LogP contribution is 2.33. The predicted molar refractivity (Wildman–Crippen MR) is 108 cm³/mol. The lowest BCUT2D eigenvalue weighted by molar-refractivity contribution is 0.462. The van der Waals surface area contributed by atoms with Crippen LogP contribution in [0.2, 0.25) is 0 Å². The van der Waals surface area contributed by atoms with Crippen molar-refractivity contribution >= 4 is 39.1 Å². The number of hydrogen-bond donors (Lipinski definition) is 3. The van der Waals surface area contributed by atoms with Crippen LogP contribution >= 0.6 is 0 Å². The van der Waals surface area contributed by atoms with E-state index in [1.165, 1.54) is 32.1 Å². The number of aromatic nitrogens is 5. The summed E-state index contributed by atoms with van der Waals surface area (Å²) in [4.78, 5) is 12.4. The van der Waals surface area contributed by atoms with E-state index in [4.69, 9.17) is 0 Å². The van der Waals surface area contributed by atoms with Crippen molar-refractivity contribution in [3.8, 4) is 0 Å². The lowest BCUT2D eigenvalue weighted by Gasteiger charge is -2.23. The Balaban J connectivity index is 1.55. The minimum Gasteiger partial charge on any atom is -0.367 e. The third-order valence-corrected chi connectivity index (χ3v) is 5.33. The summed E-state index contributed by atoms with van der Waals surface area (Å²) in [5.41, 5.74) is 3.92. The summed E-state index contributed by atoms with van der Waals surface area (Å²) >= 11 is 0. The second-order valence-corrected chi connectivity index (χ2v) is 7.34. The molecule has 0 unspecified atom stereocenters. The van der Waals surface area contributed by atoms with Gasteiger partial charge >= 0.3 is 0 Å². The number of aryl methyl sites for hydroxylation is 1. The largest absolute Gasteiger partial charge is 0.367 e. The molecule has 0 saturated heterocycles. The van der Waals surface area contributed by atoms with Crippen LogP contribution in [0.1, 0.15) is 32.1 Å².